The van der Waals surface area contributed by atoms with Crippen LogP contribution in [0, 0.1) is 0 Å². The number of nitrogens with zero attached hydrogens (tertiary/aromatic N) is 2. The molecule has 1 aromatic carbocycles. The van der Waals surface area contributed by atoms with Gasteiger partial charge >= 0.3 is 0 Å². The van der Waals surface area contributed by atoms with E-state index in [-0.39, 0.29) is 23.9 Å². The fourth-order valence-electron chi connectivity index (χ4n) is 2.38. The van der Waals surface area contributed by atoms with Crippen LogP contribution in [0.4, 0.5) is 0 Å². The lowest BCUT2D eigenvalue weighted by atomic mass is 10.1. The van der Waals surface area contributed by atoms with Crippen molar-refractivity contribution in [2.45, 2.75) is 6.54 Å². The zero-order chi connectivity index (χ0) is 16.6. The predicted octanol–water partition coefficient (Wildman–Crippen LogP) is 2.56. The standard InChI is InChI=1S/C16H14ClN3O3/c1-10-4-5-19-6-7-20(16(22)14(19)15(10)21)9-11-8-12(17)2-3-13(11)23-18/h2-8,21H,1,9,18H2. The molecule has 0 aliphatic carbocycles. The highest BCUT2D eigenvalue weighted by atomic mass is 35.5. The monoisotopic (exact) mass is 331 g/mol. The van der Waals surface area contributed by atoms with Gasteiger partial charge in [0.1, 0.15) is 0 Å². The minimum atomic E-state index is -0.363. The predicted molar refractivity (Wildman–Crippen MR) is 85.7 cm³/mol. The fraction of sp³-hybridized carbons (Fsp3) is 0.0625. The Kier molecular flexibility index (Phi) is 3.85. The number of benzene rings is 1. The van der Waals surface area contributed by atoms with Crippen LogP contribution in [0.1, 0.15) is 5.56 Å². The molecule has 7 heteroatoms. The molecule has 1 aromatic rings. The Hall–Kier alpha value is -2.70. The van der Waals surface area contributed by atoms with Crippen molar-refractivity contribution in [3.8, 4) is 5.75 Å². The number of nitrogens with two attached hydrogens (primary N) is 1. The molecule has 2 aliphatic rings. The highest BCUT2D eigenvalue weighted by Crippen LogP contribution is 2.30. The number of amides is 1. The van der Waals surface area contributed by atoms with Crippen LogP contribution in [0.25, 0.3) is 0 Å². The molecular weight excluding hydrogens is 318 g/mol. The second-order valence-electron chi connectivity index (χ2n) is 5.05. The lowest BCUT2D eigenvalue weighted by molar-refractivity contribution is -0.127. The summed E-state index contributed by atoms with van der Waals surface area (Å²) in [6.07, 6.45) is 6.57. The largest absolute Gasteiger partial charge is 0.505 e. The van der Waals surface area contributed by atoms with Gasteiger partial charge in [0.25, 0.3) is 5.91 Å². The first-order valence-corrected chi connectivity index (χ1v) is 7.12. The summed E-state index contributed by atoms with van der Waals surface area (Å²) < 4.78 is 0. The van der Waals surface area contributed by atoms with Crippen LogP contribution >= 0.6 is 11.6 Å². The van der Waals surface area contributed by atoms with Crippen molar-refractivity contribution in [1.29, 1.82) is 0 Å². The molecule has 0 saturated heterocycles. The van der Waals surface area contributed by atoms with Crippen LogP contribution in [-0.4, -0.2) is 20.8 Å². The molecule has 0 fully saturated rings. The molecule has 0 atom stereocenters. The third kappa shape index (κ3) is 2.69. The first-order valence-electron chi connectivity index (χ1n) is 6.75. The van der Waals surface area contributed by atoms with E-state index in [1.807, 2.05) is 0 Å². The van der Waals surface area contributed by atoms with E-state index in [0.29, 0.717) is 21.9 Å². The maximum atomic E-state index is 12.6. The van der Waals surface area contributed by atoms with Crippen molar-refractivity contribution in [3.63, 3.8) is 0 Å². The highest BCUT2D eigenvalue weighted by Gasteiger charge is 2.31. The van der Waals surface area contributed by atoms with Gasteiger partial charge in [-0.25, -0.2) is 0 Å². The van der Waals surface area contributed by atoms with Crippen molar-refractivity contribution in [3.05, 3.63) is 77.1 Å². The van der Waals surface area contributed by atoms with E-state index in [1.165, 1.54) is 4.90 Å². The van der Waals surface area contributed by atoms with Crippen LogP contribution in [0.15, 0.2) is 66.5 Å². The van der Waals surface area contributed by atoms with Crippen LogP contribution in [0.3, 0.4) is 0 Å². The maximum absolute atomic E-state index is 12.6. The summed E-state index contributed by atoms with van der Waals surface area (Å²) in [4.78, 5) is 20.4. The molecule has 6 nitrogen and oxygen atoms in total. The number of aliphatic hydroxyl groups is 1. The molecule has 2 aliphatic heterocycles. The average molecular weight is 332 g/mol. The van der Waals surface area contributed by atoms with Gasteiger partial charge in [0.2, 0.25) is 0 Å². The Morgan fingerprint density at radius 1 is 1.30 bits per heavy atom. The van der Waals surface area contributed by atoms with Gasteiger partial charge < -0.3 is 19.7 Å². The first kappa shape index (κ1) is 15.2. The number of carbonyl (C=O) groups excluding carboxylic acids is 1. The quantitative estimate of drug-likeness (QED) is 0.832. The molecule has 0 bridgehead atoms. The van der Waals surface area contributed by atoms with Crippen molar-refractivity contribution < 1.29 is 14.7 Å². The van der Waals surface area contributed by atoms with E-state index in [4.69, 9.17) is 22.3 Å². The van der Waals surface area contributed by atoms with Crippen LogP contribution in [0.2, 0.25) is 5.02 Å². The normalized spacial score (nSPS) is 17.0. The number of halogens is 1. The molecule has 1 amide bonds. The second-order valence-corrected chi connectivity index (χ2v) is 5.48. The molecule has 118 valence electrons. The Morgan fingerprint density at radius 2 is 2.09 bits per heavy atom. The Bertz CT molecular complexity index is 783. The van der Waals surface area contributed by atoms with E-state index in [2.05, 4.69) is 6.58 Å². The minimum absolute atomic E-state index is 0.145. The molecule has 23 heavy (non-hydrogen) atoms. The summed E-state index contributed by atoms with van der Waals surface area (Å²) in [7, 11) is 0. The smallest absolute Gasteiger partial charge is 0.279 e. The summed E-state index contributed by atoms with van der Waals surface area (Å²) in [5.41, 5.74) is 1.18. The highest BCUT2D eigenvalue weighted by molar-refractivity contribution is 6.30. The molecule has 0 spiro atoms. The summed E-state index contributed by atoms with van der Waals surface area (Å²) in [5, 5.41) is 10.6. The third-order valence-corrected chi connectivity index (χ3v) is 3.82. The number of fused-ring (bicyclic) bond motifs is 1. The summed E-state index contributed by atoms with van der Waals surface area (Å²) in [6.45, 7) is 3.90. The molecular formula is C16H14ClN3O3. The molecule has 0 radical (unpaired) electrons. The van der Waals surface area contributed by atoms with E-state index in [0.717, 1.165) is 0 Å². The zero-order valence-corrected chi connectivity index (χ0v) is 12.8. The molecule has 3 rings (SSSR count). The maximum Gasteiger partial charge on any atom is 0.279 e. The number of hydrogen-bond acceptors (Lipinski definition) is 5. The minimum Gasteiger partial charge on any atom is -0.505 e. The van der Waals surface area contributed by atoms with E-state index in [9.17, 15) is 9.90 Å². The third-order valence-electron chi connectivity index (χ3n) is 3.58. The van der Waals surface area contributed by atoms with Crippen LogP contribution < -0.4 is 10.7 Å². The van der Waals surface area contributed by atoms with Crippen molar-refractivity contribution in [2.24, 2.45) is 5.90 Å². The topological polar surface area (TPSA) is 79.0 Å². The molecule has 3 N–H and O–H groups in total. The van der Waals surface area contributed by atoms with Crippen molar-refractivity contribution >= 4 is 17.5 Å². The second kappa shape index (κ2) is 5.83. The van der Waals surface area contributed by atoms with Gasteiger partial charge in [0.15, 0.2) is 17.2 Å². The lowest BCUT2D eigenvalue weighted by Crippen LogP contribution is -2.37. The summed E-state index contributed by atoms with van der Waals surface area (Å²) in [6, 6.07) is 4.95. The van der Waals surface area contributed by atoms with E-state index in [1.54, 1.807) is 47.8 Å². The summed E-state index contributed by atoms with van der Waals surface area (Å²) in [5.74, 6) is 5.16. The molecule has 0 unspecified atom stereocenters. The number of carbonyl (C=O) groups is 1. The van der Waals surface area contributed by atoms with Crippen LogP contribution in [-0.2, 0) is 11.3 Å². The molecule has 2 heterocycles. The average Bonchev–Trinajstić information content (AvgIpc) is 2.53. The summed E-state index contributed by atoms with van der Waals surface area (Å²) >= 11 is 5.98. The first-order chi connectivity index (χ1) is 11.0. The molecule has 0 saturated carbocycles. The van der Waals surface area contributed by atoms with Gasteiger partial charge in [-0.3, -0.25) is 4.79 Å². The van der Waals surface area contributed by atoms with Gasteiger partial charge in [-0.05, 0) is 24.3 Å². The zero-order valence-electron chi connectivity index (χ0n) is 12.1. The number of allylic oxidation sites excluding steroid dienone is 1. The number of aliphatic hydroxyl groups excluding tert-OH is 1. The Labute approximate surface area is 137 Å². The fourth-order valence-corrected chi connectivity index (χ4v) is 2.58. The van der Waals surface area contributed by atoms with Crippen molar-refractivity contribution in [2.75, 3.05) is 0 Å². The van der Waals surface area contributed by atoms with E-state index < -0.39 is 0 Å². The van der Waals surface area contributed by atoms with Gasteiger partial charge in [-0.15, -0.1) is 0 Å². The number of rotatable bonds is 3. The Balaban J connectivity index is 1.94. The van der Waals surface area contributed by atoms with Gasteiger partial charge in [-0.2, -0.15) is 5.90 Å². The Morgan fingerprint density at radius 3 is 2.83 bits per heavy atom. The lowest BCUT2D eigenvalue weighted by Gasteiger charge is -2.32. The van der Waals surface area contributed by atoms with Gasteiger partial charge in [0.05, 0.1) is 6.54 Å². The molecule has 0 aromatic heterocycles. The SMILES string of the molecule is C=C1C=CN2C=CN(Cc3cc(Cl)ccc3ON)C(=O)C2=C1O. The van der Waals surface area contributed by atoms with E-state index >= 15 is 0 Å². The van der Waals surface area contributed by atoms with Crippen molar-refractivity contribution in [1.82, 2.24) is 9.80 Å². The van der Waals surface area contributed by atoms with Crippen LogP contribution in [0.5, 0.6) is 5.75 Å². The van der Waals surface area contributed by atoms with Gasteiger partial charge in [0, 0.05) is 34.8 Å². The van der Waals surface area contributed by atoms with Gasteiger partial charge in [-0.1, -0.05) is 18.2 Å². The number of hydrogen-bond donors (Lipinski definition) is 2.